The largest absolute Gasteiger partial charge is 0.481 e. The third-order valence-electron chi connectivity index (χ3n) is 6.37. The Kier molecular flexibility index (Phi) is 6.28. The van der Waals surface area contributed by atoms with E-state index >= 15 is 0 Å². The molecule has 2 aromatic carbocycles. The maximum Gasteiger partial charge on any atom is 0.303 e. The normalized spacial score (nSPS) is 21.8. The summed E-state index contributed by atoms with van der Waals surface area (Å²) < 4.78 is 0. The molecule has 0 spiro atoms. The zero-order chi connectivity index (χ0) is 22.0. The van der Waals surface area contributed by atoms with Gasteiger partial charge in [0.1, 0.15) is 0 Å². The van der Waals surface area contributed by atoms with Crippen molar-refractivity contribution in [1.82, 2.24) is 5.32 Å². The van der Waals surface area contributed by atoms with E-state index in [0.717, 1.165) is 30.5 Å². The minimum absolute atomic E-state index is 0.0288. The average molecular weight is 441 g/mol. The molecule has 0 bridgehead atoms. The number of rotatable bonds is 6. The monoisotopic (exact) mass is 440 g/mol. The van der Waals surface area contributed by atoms with Gasteiger partial charge in [-0.2, -0.15) is 0 Å². The van der Waals surface area contributed by atoms with Crippen LogP contribution in [0.5, 0.6) is 0 Å². The summed E-state index contributed by atoms with van der Waals surface area (Å²) in [5.74, 6) is -0.942. The number of carboxylic acids is 1. The van der Waals surface area contributed by atoms with Crippen LogP contribution >= 0.6 is 11.6 Å². The predicted octanol–water partition coefficient (Wildman–Crippen LogP) is 4.23. The summed E-state index contributed by atoms with van der Waals surface area (Å²) in [7, 11) is 0. The zero-order valence-electron chi connectivity index (χ0n) is 17.1. The van der Waals surface area contributed by atoms with E-state index in [-0.39, 0.29) is 42.5 Å². The van der Waals surface area contributed by atoms with Crippen LogP contribution in [0.15, 0.2) is 48.5 Å². The molecule has 6 nitrogen and oxygen atoms in total. The molecule has 2 N–H and O–H groups in total. The molecule has 0 saturated heterocycles. The van der Waals surface area contributed by atoms with Gasteiger partial charge < -0.3 is 15.3 Å². The zero-order valence-corrected chi connectivity index (χ0v) is 17.8. The number of benzene rings is 2. The average Bonchev–Trinajstić information content (AvgIpc) is 3.24. The van der Waals surface area contributed by atoms with Crippen molar-refractivity contribution in [2.45, 2.75) is 44.1 Å². The standard InChI is InChI=1S/C24H25ClN2O4/c25-16-10-8-15(9-11-16)24(31)27-20-6-2-1-4-17(20)19(18-5-3-7-21(18)27)14-26-22(28)12-13-23(29)30/h1-2,4,6,8-11,18-19,21H,3,5,7,12-14H2,(H,26,28)(H,29,30)/t18-,19+,21-/m1/s1. The summed E-state index contributed by atoms with van der Waals surface area (Å²) in [5.41, 5.74) is 2.53. The lowest BCUT2D eigenvalue weighted by Gasteiger charge is -2.44. The number of nitrogens with zero attached hydrogens (tertiary/aromatic N) is 1. The summed E-state index contributed by atoms with van der Waals surface area (Å²) in [4.78, 5) is 38.3. The van der Waals surface area contributed by atoms with Crippen LogP contribution in [0.3, 0.4) is 0 Å². The van der Waals surface area contributed by atoms with Gasteiger partial charge >= 0.3 is 5.97 Å². The second-order valence-electron chi connectivity index (χ2n) is 8.21. The molecule has 0 radical (unpaired) electrons. The van der Waals surface area contributed by atoms with Crippen molar-refractivity contribution in [3.8, 4) is 0 Å². The molecule has 4 rings (SSSR count). The van der Waals surface area contributed by atoms with Gasteiger partial charge in [0.05, 0.1) is 6.42 Å². The Bertz CT molecular complexity index is 991. The van der Waals surface area contributed by atoms with Gasteiger partial charge in [-0.15, -0.1) is 0 Å². The highest BCUT2D eigenvalue weighted by Gasteiger charge is 2.45. The van der Waals surface area contributed by atoms with E-state index in [1.165, 1.54) is 0 Å². The first-order valence-corrected chi connectivity index (χ1v) is 11.0. The van der Waals surface area contributed by atoms with Crippen molar-refractivity contribution in [2.75, 3.05) is 11.4 Å². The summed E-state index contributed by atoms with van der Waals surface area (Å²) in [6, 6.07) is 14.9. The van der Waals surface area contributed by atoms with Crippen LogP contribution in [0.4, 0.5) is 5.69 Å². The van der Waals surface area contributed by atoms with Crippen molar-refractivity contribution in [3.63, 3.8) is 0 Å². The number of hydrogen-bond donors (Lipinski definition) is 2. The van der Waals surface area contributed by atoms with Crippen LogP contribution in [-0.2, 0) is 9.59 Å². The molecule has 1 aliphatic heterocycles. The van der Waals surface area contributed by atoms with Crippen LogP contribution in [0.25, 0.3) is 0 Å². The summed E-state index contributed by atoms with van der Waals surface area (Å²) in [6.07, 6.45) is 2.72. The molecule has 2 aromatic rings. The number of halogens is 1. The second-order valence-corrected chi connectivity index (χ2v) is 8.64. The molecule has 1 fully saturated rings. The van der Waals surface area contributed by atoms with E-state index < -0.39 is 5.97 Å². The van der Waals surface area contributed by atoms with Gasteiger partial charge in [0.2, 0.25) is 5.91 Å². The Morgan fingerprint density at radius 3 is 2.52 bits per heavy atom. The first-order valence-electron chi connectivity index (χ1n) is 10.6. The molecular weight excluding hydrogens is 416 g/mol. The maximum atomic E-state index is 13.5. The fourth-order valence-corrected chi connectivity index (χ4v) is 5.10. The molecule has 3 atom stereocenters. The number of para-hydroxylation sites is 1. The van der Waals surface area contributed by atoms with E-state index in [4.69, 9.17) is 16.7 Å². The van der Waals surface area contributed by atoms with E-state index in [9.17, 15) is 14.4 Å². The predicted molar refractivity (Wildman–Crippen MR) is 118 cm³/mol. The molecular formula is C24H25ClN2O4. The molecule has 162 valence electrons. The number of anilines is 1. The van der Waals surface area contributed by atoms with Crippen molar-refractivity contribution in [3.05, 3.63) is 64.7 Å². The molecule has 0 aromatic heterocycles. The number of amides is 2. The summed E-state index contributed by atoms with van der Waals surface area (Å²) in [6.45, 7) is 0.444. The third kappa shape index (κ3) is 4.44. The molecule has 31 heavy (non-hydrogen) atoms. The van der Waals surface area contributed by atoms with Gasteiger partial charge in [-0.05, 0) is 54.7 Å². The van der Waals surface area contributed by atoms with E-state index in [1.54, 1.807) is 24.3 Å². The van der Waals surface area contributed by atoms with Gasteiger partial charge in [-0.25, -0.2) is 0 Å². The van der Waals surface area contributed by atoms with Crippen molar-refractivity contribution in [1.29, 1.82) is 0 Å². The van der Waals surface area contributed by atoms with E-state index in [2.05, 4.69) is 5.32 Å². The highest BCUT2D eigenvalue weighted by Crippen LogP contribution is 2.49. The van der Waals surface area contributed by atoms with Crippen LogP contribution in [-0.4, -0.2) is 35.5 Å². The second kappa shape index (κ2) is 9.10. The Balaban J connectivity index is 1.61. The Labute approximate surface area is 186 Å². The van der Waals surface area contributed by atoms with Gasteiger partial charge in [0.25, 0.3) is 5.91 Å². The Morgan fingerprint density at radius 2 is 1.77 bits per heavy atom. The number of hydrogen-bond acceptors (Lipinski definition) is 3. The number of carbonyl (C=O) groups is 3. The number of carboxylic acid groups (broad SMARTS) is 1. The third-order valence-corrected chi connectivity index (χ3v) is 6.62. The van der Waals surface area contributed by atoms with Gasteiger partial charge in [0, 0.05) is 41.2 Å². The quantitative estimate of drug-likeness (QED) is 0.703. The number of aliphatic carboxylic acids is 1. The van der Waals surface area contributed by atoms with Crippen molar-refractivity contribution in [2.24, 2.45) is 5.92 Å². The number of carbonyl (C=O) groups excluding carboxylic acids is 2. The van der Waals surface area contributed by atoms with Crippen molar-refractivity contribution < 1.29 is 19.5 Å². The highest BCUT2D eigenvalue weighted by atomic mass is 35.5. The smallest absolute Gasteiger partial charge is 0.303 e. The molecule has 0 unspecified atom stereocenters. The molecule has 2 amide bonds. The van der Waals surface area contributed by atoms with Gasteiger partial charge in [0.15, 0.2) is 0 Å². The fraction of sp³-hybridized carbons (Fsp3) is 0.375. The minimum atomic E-state index is -0.981. The van der Waals surface area contributed by atoms with Crippen LogP contribution in [0, 0.1) is 5.92 Å². The molecule has 1 aliphatic carbocycles. The lowest BCUT2D eigenvalue weighted by atomic mass is 9.77. The summed E-state index contributed by atoms with van der Waals surface area (Å²) in [5, 5.41) is 12.3. The van der Waals surface area contributed by atoms with Gasteiger partial charge in [-0.1, -0.05) is 36.2 Å². The summed E-state index contributed by atoms with van der Waals surface area (Å²) >= 11 is 6.00. The SMILES string of the molecule is O=C(O)CCC(=O)NC[C@H]1c2ccccc2N(C(=O)c2ccc(Cl)cc2)[C@@H]2CCC[C@@H]21. The van der Waals surface area contributed by atoms with Crippen LogP contribution < -0.4 is 10.2 Å². The topological polar surface area (TPSA) is 86.7 Å². The molecule has 1 heterocycles. The fourth-order valence-electron chi connectivity index (χ4n) is 4.97. The molecule has 2 aliphatic rings. The first-order chi connectivity index (χ1) is 15.0. The van der Waals surface area contributed by atoms with E-state index in [1.807, 2.05) is 29.2 Å². The lowest BCUT2D eigenvalue weighted by Crippen LogP contribution is -2.49. The molecule has 7 heteroatoms. The van der Waals surface area contributed by atoms with Gasteiger partial charge in [-0.3, -0.25) is 14.4 Å². The maximum absolute atomic E-state index is 13.5. The lowest BCUT2D eigenvalue weighted by molar-refractivity contribution is -0.138. The highest BCUT2D eigenvalue weighted by molar-refractivity contribution is 6.30. The first kappa shape index (κ1) is 21.4. The van der Waals surface area contributed by atoms with Crippen LogP contribution in [0.2, 0.25) is 5.02 Å². The Morgan fingerprint density at radius 1 is 1.03 bits per heavy atom. The Hall–Kier alpha value is -2.86. The van der Waals surface area contributed by atoms with Crippen molar-refractivity contribution >= 4 is 35.1 Å². The number of nitrogens with one attached hydrogen (secondary N) is 1. The number of fused-ring (bicyclic) bond motifs is 2. The van der Waals surface area contributed by atoms with Crippen LogP contribution in [0.1, 0.15) is 53.9 Å². The minimum Gasteiger partial charge on any atom is -0.481 e. The molecule has 1 saturated carbocycles. The van der Waals surface area contributed by atoms with E-state index in [0.29, 0.717) is 17.1 Å².